The summed E-state index contributed by atoms with van der Waals surface area (Å²) in [6.07, 6.45) is 0.223. The molecule has 0 aromatic heterocycles. The summed E-state index contributed by atoms with van der Waals surface area (Å²) in [4.78, 5) is 12.1. The average Bonchev–Trinajstić information content (AvgIpc) is 2.40. The topological polar surface area (TPSA) is 26.3 Å². The second-order valence-electron chi connectivity index (χ2n) is 4.28. The molecule has 0 N–H and O–H groups in total. The number of hydrogen-bond donors (Lipinski definition) is 0. The molecule has 1 heterocycles. The van der Waals surface area contributed by atoms with Crippen LogP contribution in [0.2, 0.25) is 0 Å². The summed E-state index contributed by atoms with van der Waals surface area (Å²) in [6.45, 7) is 0. The van der Waals surface area contributed by atoms with Crippen LogP contribution in [0, 0.1) is 0 Å². The van der Waals surface area contributed by atoms with E-state index in [1.165, 1.54) is 0 Å². The quantitative estimate of drug-likeness (QED) is 0.791. The lowest BCUT2D eigenvalue weighted by molar-refractivity contribution is 0.0850. The van der Waals surface area contributed by atoms with E-state index in [9.17, 15) is 4.79 Å². The van der Waals surface area contributed by atoms with Crippen molar-refractivity contribution in [2.75, 3.05) is 0 Å². The number of benzene rings is 2. The maximum atomic E-state index is 12.1. The molecule has 0 radical (unpaired) electrons. The molecule has 18 heavy (non-hydrogen) atoms. The Morgan fingerprint density at radius 3 is 2.67 bits per heavy atom. The zero-order valence-electron chi connectivity index (χ0n) is 9.60. The smallest absolute Gasteiger partial charge is 0.170 e. The Kier molecular flexibility index (Phi) is 2.92. The highest BCUT2D eigenvalue weighted by Gasteiger charge is 2.27. The van der Waals surface area contributed by atoms with Crippen LogP contribution in [0.5, 0.6) is 5.75 Å². The minimum absolute atomic E-state index is 0.131. The second-order valence-corrected chi connectivity index (χ2v) is 5.20. The van der Waals surface area contributed by atoms with Crippen LogP contribution >= 0.6 is 15.9 Å². The number of carbonyl (C=O) groups is 1. The predicted molar refractivity (Wildman–Crippen MR) is 72.9 cm³/mol. The maximum Gasteiger partial charge on any atom is 0.170 e. The van der Waals surface area contributed by atoms with Crippen molar-refractivity contribution < 1.29 is 9.53 Å². The van der Waals surface area contributed by atoms with Gasteiger partial charge in [0.25, 0.3) is 0 Å². The average molecular weight is 303 g/mol. The van der Waals surface area contributed by atoms with Gasteiger partial charge in [-0.3, -0.25) is 4.79 Å². The summed E-state index contributed by atoms with van der Waals surface area (Å²) >= 11 is 3.37. The normalized spacial score (nSPS) is 18.1. The van der Waals surface area contributed by atoms with Gasteiger partial charge in [-0.25, -0.2) is 0 Å². The van der Waals surface area contributed by atoms with Crippen LogP contribution in [0.25, 0.3) is 0 Å². The molecule has 0 spiro atoms. The first kappa shape index (κ1) is 11.5. The standard InChI is InChI=1S/C15H11BrO2/c16-11-6-7-14-12(8-11)13(17)9-15(18-14)10-4-2-1-3-5-10/h1-8,15H,9H2. The summed E-state index contributed by atoms with van der Waals surface area (Å²) < 4.78 is 6.80. The van der Waals surface area contributed by atoms with Crippen LogP contribution in [0.4, 0.5) is 0 Å². The van der Waals surface area contributed by atoms with Gasteiger partial charge in [0.1, 0.15) is 11.9 Å². The molecule has 90 valence electrons. The van der Waals surface area contributed by atoms with Crippen LogP contribution in [0.3, 0.4) is 0 Å². The lowest BCUT2D eigenvalue weighted by Crippen LogP contribution is -2.20. The fraction of sp³-hybridized carbons (Fsp3) is 0.133. The molecular formula is C15H11BrO2. The van der Waals surface area contributed by atoms with Crippen molar-refractivity contribution in [2.24, 2.45) is 0 Å². The van der Waals surface area contributed by atoms with E-state index >= 15 is 0 Å². The molecule has 2 aromatic carbocycles. The molecule has 1 aliphatic rings. The number of fused-ring (bicyclic) bond motifs is 1. The lowest BCUT2D eigenvalue weighted by atomic mass is 9.96. The fourth-order valence-corrected chi connectivity index (χ4v) is 2.51. The molecule has 0 saturated heterocycles. The number of ether oxygens (including phenoxy) is 1. The molecule has 0 amide bonds. The first-order valence-corrected chi connectivity index (χ1v) is 6.58. The maximum absolute atomic E-state index is 12.1. The summed E-state index contributed by atoms with van der Waals surface area (Å²) in [5.74, 6) is 0.801. The van der Waals surface area contributed by atoms with Crippen LogP contribution in [-0.4, -0.2) is 5.78 Å². The summed E-state index contributed by atoms with van der Waals surface area (Å²) in [7, 11) is 0. The SMILES string of the molecule is O=C1CC(c2ccccc2)Oc2ccc(Br)cc21. The van der Waals surface area contributed by atoms with Gasteiger partial charge in [0.2, 0.25) is 0 Å². The number of rotatable bonds is 1. The Morgan fingerprint density at radius 1 is 1.11 bits per heavy atom. The van der Waals surface area contributed by atoms with Gasteiger partial charge < -0.3 is 4.74 Å². The van der Waals surface area contributed by atoms with Gasteiger partial charge in [-0.15, -0.1) is 0 Å². The van der Waals surface area contributed by atoms with Gasteiger partial charge in [-0.1, -0.05) is 46.3 Å². The molecular weight excluding hydrogens is 292 g/mol. The first-order valence-electron chi connectivity index (χ1n) is 5.78. The minimum atomic E-state index is -0.174. The van der Waals surface area contributed by atoms with Gasteiger partial charge in [0.05, 0.1) is 12.0 Å². The highest BCUT2D eigenvalue weighted by atomic mass is 79.9. The molecule has 3 rings (SSSR count). The van der Waals surface area contributed by atoms with Gasteiger partial charge in [-0.05, 0) is 23.8 Å². The van der Waals surface area contributed by atoms with Crippen molar-refractivity contribution in [3.8, 4) is 5.75 Å². The molecule has 1 unspecified atom stereocenters. The number of hydrogen-bond acceptors (Lipinski definition) is 2. The highest BCUT2D eigenvalue weighted by Crippen LogP contribution is 2.35. The van der Waals surface area contributed by atoms with E-state index in [1.54, 1.807) is 0 Å². The Hall–Kier alpha value is -1.61. The van der Waals surface area contributed by atoms with Crippen molar-refractivity contribution in [1.29, 1.82) is 0 Å². The minimum Gasteiger partial charge on any atom is -0.484 e. The molecule has 1 aliphatic heterocycles. The predicted octanol–water partition coefficient (Wildman–Crippen LogP) is 4.16. The van der Waals surface area contributed by atoms with E-state index in [0.717, 1.165) is 10.0 Å². The molecule has 0 fully saturated rings. The Balaban J connectivity index is 1.97. The number of halogens is 1. The van der Waals surface area contributed by atoms with Crippen molar-refractivity contribution in [3.05, 3.63) is 64.1 Å². The Bertz CT molecular complexity index is 593. The van der Waals surface area contributed by atoms with E-state index in [-0.39, 0.29) is 11.9 Å². The first-order chi connectivity index (χ1) is 8.74. The molecule has 2 aromatic rings. The third kappa shape index (κ3) is 2.06. The molecule has 0 saturated carbocycles. The monoisotopic (exact) mass is 302 g/mol. The van der Waals surface area contributed by atoms with Crippen LogP contribution < -0.4 is 4.74 Å². The number of ketones is 1. The molecule has 2 nitrogen and oxygen atoms in total. The third-order valence-electron chi connectivity index (χ3n) is 3.05. The summed E-state index contributed by atoms with van der Waals surface area (Å²) in [5.41, 5.74) is 1.70. The van der Waals surface area contributed by atoms with Gasteiger partial charge in [-0.2, -0.15) is 0 Å². The number of carbonyl (C=O) groups excluding carboxylic acids is 1. The van der Waals surface area contributed by atoms with Crippen molar-refractivity contribution in [1.82, 2.24) is 0 Å². The van der Waals surface area contributed by atoms with Crippen LogP contribution in [0.15, 0.2) is 53.0 Å². The lowest BCUT2D eigenvalue weighted by Gasteiger charge is -2.25. The van der Waals surface area contributed by atoms with E-state index < -0.39 is 0 Å². The molecule has 3 heteroatoms. The van der Waals surface area contributed by atoms with E-state index in [2.05, 4.69) is 15.9 Å². The van der Waals surface area contributed by atoms with Gasteiger partial charge in [0, 0.05) is 4.47 Å². The van der Waals surface area contributed by atoms with Gasteiger partial charge in [0.15, 0.2) is 5.78 Å². The third-order valence-corrected chi connectivity index (χ3v) is 3.55. The zero-order chi connectivity index (χ0) is 12.5. The van der Waals surface area contributed by atoms with Crippen molar-refractivity contribution in [3.63, 3.8) is 0 Å². The van der Waals surface area contributed by atoms with Gasteiger partial charge >= 0.3 is 0 Å². The Labute approximate surface area is 114 Å². The molecule has 0 aliphatic carbocycles. The van der Waals surface area contributed by atoms with E-state index in [1.807, 2.05) is 48.5 Å². The highest BCUT2D eigenvalue weighted by molar-refractivity contribution is 9.10. The summed E-state index contributed by atoms with van der Waals surface area (Å²) in [5, 5.41) is 0. The Morgan fingerprint density at radius 2 is 1.89 bits per heavy atom. The summed E-state index contributed by atoms with van der Waals surface area (Å²) in [6, 6.07) is 15.4. The second kappa shape index (κ2) is 4.58. The largest absolute Gasteiger partial charge is 0.484 e. The fourth-order valence-electron chi connectivity index (χ4n) is 2.15. The molecule has 0 bridgehead atoms. The van der Waals surface area contributed by atoms with Crippen LogP contribution in [-0.2, 0) is 0 Å². The number of Topliss-reactive ketones (excluding diaryl/α,β-unsaturated/α-hetero) is 1. The molecule has 1 atom stereocenters. The van der Waals surface area contributed by atoms with E-state index in [4.69, 9.17) is 4.74 Å². The van der Waals surface area contributed by atoms with Crippen LogP contribution in [0.1, 0.15) is 28.4 Å². The van der Waals surface area contributed by atoms with Crippen molar-refractivity contribution in [2.45, 2.75) is 12.5 Å². The zero-order valence-corrected chi connectivity index (χ0v) is 11.2. The van der Waals surface area contributed by atoms with Crippen molar-refractivity contribution >= 4 is 21.7 Å². The van der Waals surface area contributed by atoms with E-state index in [0.29, 0.717) is 17.7 Å².